The predicted molar refractivity (Wildman–Crippen MR) is 88.4 cm³/mol. The van der Waals surface area contributed by atoms with E-state index >= 15 is 0 Å². The van der Waals surface area contributed by atoms with Gasteiger partial charge in [0.1, 0.15) is 0 Å². The number of hydrogen-bond donors (Lipinski definition) is 2. The van der Waals surface area contributed by atoms with Crippen LogP contribution in [0.3, 0.4) is 0 Å². The van der Waals surface area contributed by atoms with Crippen LogP contribution in [0.15, 0.2) is 0 Å². The molecule has 0 aromatic carbocycles. The van der Waals surface area contributed by atoms with Crippen LogP contribution in [0.25, 0.3) is 0 Å². The third-order valence-corrected chi connectivity index (χ3v) is 9.08. The SMILES string of the molecule is CC12CCCCC1CCC1C2C(O)CC2(C)C1CCC2(C)O. The van der Waals surface area contributed by atoms with Crippen molar-refractivity contribution >= 4 is 0 Å². The van der Waals surface area contributed by atoms with Crippen molar-refractivity contribution in [2.24, 2.45) is 34.5 Å². The van der Waals surface area contributed by atoms with Gasteiger partial charge in [0.2, 0.25) is 0 Å². The Labute approximate surface area is 135 Å². The van der Waals surface area contributed by atoms with Gasteiger partial charge >= 0.3 is 0 Å². The second kappa shape index (κ2) is 4.72. The molecule has 4 fully saturated rings. The van der Waals surface area contributed by atoms with E-state index < -0.39 is 5.60 Å². The minimum Gasteiger partial charge on any atom is -0.393 e. The predicted octanol–water partition coefficient (Wildman–Crippen LogP) is 4.14. The summed E-state index contributed by atoms with van der Waals surface area (Å²) >= 11 is 0. The van der Waals surface area contributed by atoms with Crippen LogP contribution in [0.1, 0.15) is 78.6 Å². The van der Waals surface area contributed by atoms with Gasteiger partial charge in [-0.2, -0.15) is 0 Å². The van der Waals surface area contributed by atoms with Gasteiger partial charge in [-0.25, -0.2) is 0 Å². The highest BCUT2D eigenvalue weighted by Gasteiger charge is 2.65. The third-order valence-electron chi connectivity index (χ3n) is 9.08. The van der Waals surface area contributed by atoms with Gasteiger partial charge < -0.3 is 10.2 Å². The summed E-state index contributed by atoms with van der Waals surface area (Å²) in [5.74, 6) is 2.58. The quantitative estimate of drug-likeness (QED) is 0.706. The maximum atomic E-state index is 11.1. The van der Waals surface area contributed by atoms with Crippen LogP contribution >= 0.6 is 0 Å². The van der Waals surface area contributed by atoms with E-state index in [9.17, 15) is 10.2 Å². The van der Waals surface area contributed by atoms with E-state index in [-0.39, 0.29) is 11.5 Å². The van der Waals surface area contributed by atoms with Crippen LogP contribution in [-0.4, -0.2) is 21.9 Å². The Morgan fingerprint density at radius 1 is 0.909 bits per heavy atom. The number of hydrogen-bond acceptors (Lipinski definition) is 2. The molecule has 0 amide bonds. The van der Waals surface area contributed by atoms with Gasteiger partial charge in [0.05, 0.1) is 11.7 Å². The zero-order chi connectivity index (χ0) is 15.8. The van der Waals surface area contributed by atoms with Crippen molar-refractivity contribution < 1.29 is 10.2 Å². The zero-order valence-corrected chi connectivity index (χ0v) is 14.6. The lowest BCUT2D eigenvalue weighted by molar-refractivity contribution is -0.192. The van der Waals surface area contributed by atoms with Crippen molar-refractivity contribution in [2.45, 2.75) is 90.3 Å². The van der Waals surface area contributed by atoms with Crippen LogP contribution in [0.4, 0.5) is 0 Å². The van der Waals surface area contributed by atoms with Gasteiger partial charge in [-0.15, -0.1) is 0 Å². The number of rotatable bonds is 0. The summed E-state index contributed by atoms with van der Waals surface area (Å²) in [6, 6.07) is 0. The smallest absolute Gasteiger partial charge is 0.0676 e. The average molecular weight is 306 g/mol. The average Bonchev–Trinajstić information content (AvgIpc) is 2.68. The first-order valence-corrected chi connectivity index (χ1v) is 9.70. The molecule has 0 bridgehead atoms. The molecule has 0 spiro atoms. The van der Waals surface area contributed by atoms with E-state index in [0.717, 1.165) is 25.2 Å². The maximum absolute atomic E-state index is 11.1. The summed E-state index contributed by atoms with van der Waals surface area (Å²) < 4.78 is 0. The van der Waals surface area contributed by atoms with Crippen molar-refractivity contribution in [1.29, 1.82) is 0 Å². The molecule has 2 nitrogen and oxygen atoms in total. The lowest BCUT2D eigenvalue weighted by atomic mass is 9.44. The number of fused-ring (bicyclic) bond motifs is 5. The van der Waals surface area contributed by atoms with E-state index in [1.54, 1.807) is 0 Å². The lowest BCUT2D eigenvalue weighted by Gasteiger charge is -2.62. The first-order chi connectivity index (χ1) is 10.3. The van der Waals surface area contributed by atoms with E-state index in [4.69, 9.17) is 0 Å². The molecule has 126 valence electrons. The highest BCUT2D eigenvalue weighted by atomic mass is 16.3. The zero-order valence-electron chi connectivity index (χ0n) is 14.6. The van der Waals surface area contributed by atoms with E-state index in [1.165, 1.54) is 38.5 Å². The topological polar surface area (TPSA) is 40.5 Å². The summed E-state index contributed by atoms with van der Waals surface area (Å²) in [6.07, 6.45) is 10.8. The second-order valence-corrected chi connectivity index (χ2v) is 9.82. The van der Waals surface area contributed by atoms with Crippen LogP contribution in [-0.2, 0) is 0 Å². The van der Waals surface area contributed by atoms with Crippen LogP contribution in [0.5, 0.6) is 0 Å². The summed E-state index contributed by atoms with van der Waals surface area (Å²) in [5, 5.41) is 22.1. The standard InChI is InChI=1S/C20H34O2/c1-18-10-5-4-6-13(18)7-8-14-15-9-11-20(3,22)19(15,2)12-16(21)17(14)18/h13-17,21-22H,4-12H2,1-3H3. The molecule has 8 unspecified atom stereocenters. The lowest BCUT2D eigenvalue weighted by Crippen LogP contribution is -2.60. The van der Waals surface area contributed by atoms with Crippen LogP contribution < -0.4 is 0 Å². The Kier molecular flexibility index (Phi) is 3.32. The second-order valence-electron chi connectivity index (χ2n) is 9.82. The molecule has 8 atom stereocenters. The molecular formula is C20H34O2. The van der Waals surface area contributed by atoms with Crippen molar-refractivity contribution in [3.8, 4) is 0 Å². The van der Waals surface area contributed by atoms with Crippen molar-refractivity contribution in [1.82, 2.24) is 0 Å². The summed E-state index contributed by atoms with van der Waals surface area (Å²) in [6.45, 7) is 6.78. The van der Waals surface area contributed by atoms with Crippen LogP contribution in [0.2, 0.25) is 0 Å². The molecular weight excluding hydrogens is 272 g/mol. The third kappa shape index (κ3) is 1.80. The summed E-state index contributed by atoms with van der Waals surface area (Å²) in [5.41, 5.74) is -0.310. The molecule has 0 radical (unpaired) electrons. The summed E-state index contributed by atoms with van der Waals surface area (Å²) in [7, 11) is 0. The first kappa shape index (κ1) is 15.4. The van der Waals surface area contributed by atoms with E-state index in [2.05, 4.69) is 13.8 Å². The fourth-order valence-electron chi connectivity index (χ4n) is 7.64. The molecule has 0 saturated heterocycles. The molecule has 22 heavy (non-hydrogen) atoms. The monoisotopic (exact) mass is 306 g/mol. The Balaban J connectivity index is 1.71. The molecule has 4 aliphatic carbocycles. The van der Waals surface area contributed by atoms with Gasteiger partial charge in [-0.05, 0) is 81.0 Å². The van der Waals surface area contributed by atoms with Crippen LogP contribution in [0, 0.1) is 34.5 Å². The maximum Gasteiger partial charge on any atom is 0.0676 e. The highest BCUT2D eigenvalue weighted by molar-refractivity contribution is 5.14. The molecule has 4 aliphatic rings. The minimum absolute atomic E-state index is 0.0779. The fourth-order valence-corrected chi connectivity index (χ4v) is 7.64. The van der Waals surface area contributed by atoms with Crippen molar-refractivity contribution in [2.75, 3.05) is 0 Å². The molecule has 0 aliphatic heterocycles. The highest BCUT2D eigenvalue weighted by Crippen LogP contribution is 2.68. The van der Waals surface area contributed by atoms with E-state index in [0.29, 0.717) is 23.2 Å². The molecule has 2 N–H and O–H groups in total. The Hall–Kier alpha value is -0.0800. The van der Waals surface area contributed by atoms with Crippen molar-refractivity contribution in [3.05, 3.63) is 0 Å². The normalized spacial score (nSPS) is 61.2. The molecule has 2 heteroatoms. The fraction of sp³-hybridized carbons (Fsp3) is 1.00. The molecule has 0 aromatic heterocycles. The Morgan fingerprint density at radius 2 is 1.68 bits per heavy atom. The molecule has 0 heterocycles. The first-order valence-electron chi connectivity index (χ1n) is 9.70. The molecule has 4 rings (SSSR count). The summed E-state index contributed by atoms with van der Waals surface area (Å²) in [4.78, 5) is 0. The van der Waals surface area contributed by atoms with Gasteiger partial charge in [-0.1, -0.05) is 26.7 Å². The van der Waals surface area contributed by atoms with Gasteiger partial charge in [0.25, 0.3) is 0 Å². The van der Waals surface area contributed by atoms with E-state index in [1.807, 2.05) is 6.92 Å². The number of aliphatic hydroxyl groups excluding tert-OH is 1. The Morgan fingerprint density at radius 3 is 2.45 bits per heavy atom. The largest absolute Gasteiger partial charge is 0.393 e. The molecule has 0 aromatic rings. The number of aliphatic hydroxyl groups is 2. The van der Waals surface area contributed by atoms with Gasteiger partial charge in [-0.3, -0.25) is 0 Å². The van der Waals surface area contributed by atoms with Gasteiger partial charge in [0.15, 0.2) is 0 Å². The van der Waals surface area contributed by atoms with Gasteiger partial charge in [0, 0.05) is 5.41 Å². The van der Waals surface area contributed by atoms with Crippen molar-refractivity contribution in [3.63, 3.8) is 0 Å². The molecule has 4 saturated carbocycles. The minimum atomic E-state index is -0.589. The Bertz CT molecular complexity index is 459.